The van der Waals surface area contributed by atoms with E-state index in [1.807, 2.05) is 32.0 Å². The van der Waals surface area contributed by atoms with Gasteiger partial charge in [-0.3, -0.25) is 9.59 Å². The predicted octanol–water partition coefficient (Wildman–Crippen LogP) is 2.42. The van der Waals surface area contributed by atoms with Crippen LogP contribution in [0.4, 0.5) is 5.69 Å². The quantitative estimate of drug-likeness (QED) is 0.644. The first-order chi connectivity index (χ1) is 15.0. The molecule has 0 saturated carbocycles. The van der Waals surface area contributed by atoms with Crippen molar-refractivity contribution in [3.05, 3.63) is 93.0 Å². The van der Waals surface area contributed by atoms with Crippen LogP contribution in [0.25, 0.3) is 0 Å². The molecule has 1 aromatic heterocycles. The number of nitrogens with one attached hydrogen (secondary N) is 2. The monoisotopic (exact) mass is 419 g/mol. The van der Waals surface area contributed by atoms with Gasteiger partial charge in [-0.25, -0.2) is 0 Å². The van der Waals surface area contributed by atoms with Crippen LogP contribution in [0.5, 0.6) is 5.75 Å². The fraction of sp³-hybridized carbons (Fsp3) is 0.280. The molecule has 0 spiro atoms. The molecule has 0 aliphatic carbocycles. The van der Waals surface area contributed by atoms with Crippen molar-refractivity contribution >= 4 is 11.6 Å². The number of hydrogen-bond acceptors (Lipinski definition) is 4. The Hall–Kier alpha value is -3.38. The zero-order chi connectivity index (χ0) is 21.8. The number of aryl methyl sites for hydroxylation is 1. The Morgan fingerprint density at radius 3 is 2.74 bits per heavy atom. The van der Waals surface area contributed by atoms with E-state index >= 15 is 0 Å². The highest BCUT2D eigenvalue weighted by atomic mass is 16.5. The molecule has 0 bridgehead atoms. The Morgan fingerprint density at radius 1 is 1.13 bits per heavy atom. The lowest BCUT2D eigenvalue weighted by atomic mass is 10.00. The van der Waals surface area contributed by atoms with E-state index < -0.39 is 0 Å². The second-order valence-corrected chi connectivity index (χ2v) is 8.03. The minimum Gasteiger partial charge on any atom is -0.477 e. The molecule has 2 heterocycles. The maximum Gasteiger partial charge on any atom is 0.262 e. The minimum absolute atomic E-state index is 0.0406. The molecular formula is C25H27N2O4+. The molecule has 1 aliphatic heterocycles. The SMILES string of the molecule is Cc1cccc(NC(=O)COc2coc(C[NH+]3CCc4ccccc4C3)cc2=O)c1C. The summed E-state index contributed by atoms with van der Waals surface area (Å²) in [6, 6.07) is 15.6. The molecule has 4 rings (SSSR count). The van der Waals surface area contributed by atoms with E-state index in [-0.39, 0.29) is 23.7 Å². The number of rotatable bonds is 6. The van der Waals surface area contributed by atoms with Crippen molar-refractivity contribution < 1.29 is 18.8 Å². The van der Waals surface area contributed by atoms with Crippen molar-refractivity contribution in [3.8, 4) is 5.75 Å². The summed E-state index contributed by atoms with van der Waals surface area (Å²) in [4.78, 5) is 26.0. The van der Waals surface area contributed by atoms with Crippen LogP contribution in [0.2, 0.25) is 0 Å². The largest absolute Gasteiger partial charge is 0.477 e. The molecule has 0 fully saturated rings. The van der Waals surface area contributed by atoms with Crippen LogP contribution in [-0.4, -0.2) is 19.1 Å². The fourth-order valence-corrected chi connectivity index (χ4v) is 3.89. The molecule has 31 heavy (non-hydrogen) atoms. The van der Waals surface area contributed by atoms with E-state index in [2.05, 4.69) is 29.6 Å². The third kappa shape index (κ3) is 5.03. The summed E-state index contributed by atoms with van der Waals surface area (Å²) in [5, 5.41) is 2.81. The Kier molecular flexibility index (Phi) is 6.18. The van der Waals surface area contributed by atoms with E-state index in [1.165, 1.54) is 28.4 Å². The Morgan fingerprint density at radius 2 is 1.94 bits per heavy atom. The molecule has 1 unspecified atom stereocenters. The van der Waals surface area contributed by atoms with Gasteiger partial charge in [-0.1, -0.05) is 36.4 Å². The average Bonchev–Trinajstić information content (AvgIpc) is 2.76. The van der Waals surface area contributed by atoms with Crippen molar-refractivity contribution in [2.45, 2.75) is 33.4 Å². The van der Waals surface area contributed by atoms with Gasteiger partial charge in [0, 0.05) is 23.7 Å². The number of benzene rings is 2. The van der Waals surface area contributed by atoms with Gasteiger partial charge in [-0.2, -0.15) is 0 Å². The van der Waals surface area contributed by atoms with Gasteiger partial charge in [0.2, 0.25) is 11.2 Å². The van der Waals surface area contributed by atoms with Crippen LogP contribution in [0, 0.1) is 13.8 Å². The third-order valence-corrected chi connectivity index (χ3v) is 5.82. The number of ether oxygens (including phenoxy) is 1. The number of carbonyl (C=O) groups is 1. The van der Waals surface area contributed by atoms with Crippen molar-refractivity contribution in [3.63, 3.8) is 0 Å². The zero-order valence-electron chi connectivity index (χ0n) is 17.9. The van der Waals surface area contributed by atoms with Crippen LogP contribution in [0.15, 0.2) is 64.0 Å². The number of hydrogen-bond donors (Lipinski definition) is 2. The summed E-state index contributed by atoms with van der Waals surface area (Å²) in [5.41, 5.74) is 5.30. The molecule has 160 valence electrons. The van der Waals surface area contributed by atoms with Gasteiger partial charge in [-0.05, 0) is 36.6 Å². The average molecular weight is 420 g/mol. The molecule has 6 heteroatoms. The Bertz CT molecular complexity index is 1150. The number of fused-ring (bicyclic) bond motifs is 1. The maximum atomic E-state index is 12.4. The lowest BCUT2D eigenvalue weighted by molar-refractivity contribution is -0.930. The van der Waals surface area contributed by atoms with Crippen LogP contribution >= 0.6 is 0 Å². The summed E-state index contributed by atoms with van der Waals surface area (Å²) in [7, 11) is 0. The molecule has 2 N–H and O–H groups in total. The highest BCUT2D eigenvalue weighted by Crippen LogP contribution is 2.18. The van der Waals surface area contributed by atoms with Crippen LogP contribution < -0.4 is 20.4 Å². The van der Waals surface area contributed by atoms with E-state index in [0.717, 1.165) is 36.3 Å². The Balaban J connectivity index is 1.33. The summed E-state index contributed by atoms with van der Waals surface area (Å²) in [5.74, 6) is 0.332. The minimum atomic E-state index is -0.325. The van der Waals surface area contributed by atoms with Crippen molar-refractivity contribution in [1.29, 1.82) is 0 Å². The number of quaternary nitrogens is 1. The first kappa shape index (κ1) is 20.9. The van der Waals surface area contributed by atoms with Gasteiger partial charge in [0.15, 0.2) is 12.4 Å². The molecule has 0 saturated heterocycles. The normalized spacial score (nSPS) is 15.2. The van der Waals surface area contributed by atoms with Crippen molar-refractivity contribution in [1.82, 2.24) is 0 Å². The Labute approximate surface area is 181 Å². The number of amides is 1. The van der Waals surface area contributed by atoms with Gasteiger partial charge >= 0.3 is 0 Å². The predicted molar refractivity (Wildman–Crippen MR) is 118 cm³/mol. The van der Waals surface area contributed by atoms with Gasteiger partial charge in [0.05, 0.1) is 6.54 Å². The number of anilines is 1. The molecule has 1 atom stereocenters. The van der Waals surface area contributed by atoms with E-state index in [1.54, 1.807) is 0 Å². The summed E-state index contributed by atoms with van der Waals surface area (Å²) in [6.45, 7) is 6.22. The van der Waals surface area contributed by atoms with Gasteiger partial charge in [0.1, 0.15) is 19.4 Å². The van der Waals surface area contributed by atoms with Crippen LogP contribution in [0.3, 0.4) is 0 Å². The molecule has 3 aromatic rings. The zero-order valence-corrected chi connectivity index (χ0v) is 17.9. The number of carbonyl (C=O) groups excluding carboxylic acids is 1. The van der Waals surface area contributed by atoms with Crippen molar-refractivity contribution in [2.75, 3.05) is 18.5 Å². The van der Waals surface area contributed by atoms with Crippen LogP contribution in [-0.2, 0) is 24.3 Å². The van der Waals surface area contributed by atoms with Crippen LogP contribution in [0.1, 0.15) is 28.0 Å². The first-order valence-corrected chi connectivity index (χ1v) is 10.5. The van der Waals surface area contributed by atoms with Gasteiger partial charge in [-0.15, -0.1) is 0 Å². The van der Waals surface area contributed by atoms with Gasteiger partial charge in [0.25, 0.3) is 5.91 Å². The summed E-state index contributed by atoms with van der Waals surface area (Å²) < 4.78 is 11.0. The lowest BCUT2D eigenvalue weighted by Crippen LogP contribution is -3.10. The lowest BCUT2D eigenvalue weighted by Gasteiger charge is -2.25. The first-order valence-electron chi connectivity index (χ1n) is 10.5. The summed E-state index contributed by atoms with van der Waals surface area (Å²) >= 11 is 0. The molecule has 2 aromatic carbocycles. The summed E-state index contributed by atoms with van der Waals surface area (Å²) in [6.07, 6.45) is 2.33. The fourth-order valence-electron chi connectivity index (χ4n) is 3.89. The smallest absolute Gasteiger partial charge is 0.262 e. The van der Waals surface area contributed by atoms with Crippen molar-refractivity contribution in [2.24, 2.45) is 0 Å². The molecule has 6 nitrogen and oxygen atoms in total. The highest BCUT2D eigenvalue weighted by molar-refractivity contribution is 5.92. The second kappa shape index (κ2) is 9.18. The third-order valence-electron chi connectivity index (χ3n) is 5.82. The standard InChI is InChI=1S/C25H26N2O4/c1-17-6-5-9-22(18(17)2)26-25(29)16-31-24-15-30-21(12-23(24)28)14-27-11-10-19-7-3-4-8-20(19)13-27/h3-9,12,15H,10-11,13-14,16H2,1-2H3,(H,26,29)/p+1. The second-order valence-electron chi connectivity index (χ2n) is 8.03. The highest BCUT2D eigenvalue weighted by Gasteiger charge is 2.20. The van der Waals surface area contributed by atoms with Gasteiger partial charge < -0.3 is 19.4 Å². The maximum absolute atomic E-state index is 12.4. The topological polar surface area (TPSA) is 73.0 Å². The molecule has 1 aliphatic rings. The molecular weight excluding hydrogens is 392 g/mol. The van der Waals surface area contributed by atoms with E-state index in [4.69, 9.17) is 9.15 Å². The van der Waals surface area contributed by atoms with E-state index in [9.17, 15) is 9.59 Å². The molecule has 0 radical (unpaired) electrons. The van der Waals surface area contributed by atoms with E-state index in [0.29, 0.717) is 12.3 Å². The molecule has 1 amide bonds.